The van der Waals surface area contributed by atoms with Crippen molar-refractivity contribution in [3.8, 4) is 0 Å². The zero-order valence-corrected chi connectivity index (χ0v) is 15.0. The van der Waals surface area contributed by atoms with E-state index in [9.17, 15) is 18.4 Å². The van der Waals surface area contributed by atoms with Crippen LogP contribution in [0.25, 0.3) is 0 Å². The molecule has 1 fully saturated rings. The number of likely N-dealkylation sites (tertiary alicyclic amines) is 1. The number of anilines is 1. The van der Waals surface area contributed by atoms with Gasteiger partial charge in [-0.2, -0.15) is 0 Å². The summed E-state index contributed by atoms with van der Waals surface area (Å²) in [6, 6.07) is 11.6. The molecule has 2 amide bonds. The molecular formula is C20H21F2N3O2. The van der Waals surface area contributed by atoms with Crippen LogP contribution in [0.3, 0.4) is 0 Å². The van der Waals surface area contributed by atoms with E-state index in [1.54, 1.807) is 29.2 Å². The van der Waals surface area contributed by atoms with E-state index in [1.165, 1.54) is 31.3 Å². The van der Waals surface area contributed by atoms with Crippen molar-refractivity contribution in [3.63, 3.8) is 0 Å². The van der Waals surface area contributed by atoms with Crippen molar-refractivity contribution < 1.29 is 18.4 Å². The van der Waals surface area contributed by atoms with Gasteiger partial charge in [0.2, 0.25) is 11.8 Å². The molecule has 2 aromatic rings. The van der Waals surface area contributed by atoms with Gasteiger partial charge in [0.25, 0.3) is 0 Å². The van der Waals surface area contributed by atoms with Crippen LogP contribution < -0.4 is 10.6 Å². The maximum atomic E-state index is 13.5. The Morgan fingerprint density at radius 2 is 1.85 bits per heavy atom. The van der Waals surface area contributed by atoms with E-state index < -0.39 is 11.4 Å². The number of amides is 2. The summed E-state index contributed by atoms with van der Waals surface area (Å²) >= 11 is 0. The van der Waals surface area contributed by atoms with Gasteiger partial charge < -0.3 is 15.5 Å². The molecule has 0 radical (unpaired) electrons. The third kappa shape index (κ3) is 4.24. The summed E-state index contributed by atoms with van der Waals surface area (Å²) in [5, 5.41) is 5.73. The number of rotatable bonds is 5. The molecule has 7 heteroatoms. The molecule has 5 nitrogen and oxygen atoms in total. The number of hydrogen-bond donors (Lipinski definition) is 2. The Kier molecular flexibility index (Phi) is 5.39. The van der Waals surface area contributed by atoms with Crippen molar-refractivity contribution in [1.29, 1.82) is 0 Å². The average Bonchev–Trinajstić information content (AvgIpc) is 3.08. The molecule has 1 aliphatic heterocycles. The fraction of sp³-hybridized carbons (Fsp3) is 0.300. The summed E-state index contributed by atoms with van der Waals surface area (Å²) in [5.41, 5.74) is 0.157. The van der Waals surface area contributed by atoms with Crippen molar-refractivity contribution >= 4 is 17.5 Å². The predicted molar refractivity (Wildman–Crippen MR) is 98.1 cm³/mol. The maximum Gasteiger partial charge on any atom is 0.247 e. The van der Waals surface area contributed by atoms with Gasteiger partial charge in [-0.1, -0.05) is 18.2 Å². The van der Waals surface area contributed by atoms with E-state index in [-0.39, 0.29) is 30.6 Å². The zero-order chi connectivity index (χ0) is 19.4. The second-order valence-corrected chi connectivity index (χ2v) is 6.67. The van der Waals surface area contributed by atoms with Gasteiger partial charge in [-0.05, 0) is 42.3 Å². The van der Waals surface area contributed by atoms with Crippen LogP contribution in [0.4, 0.5) is 14.5 Å². The number of halogens is 2. The number of benzene rings is 2. The highest BCUT2D eigenvalue weighted by Gasteiger charge is 2.45. The lowest BCUT2D eigenvalue weighted by atomic mass is 9.96. The molecule has 2 N–H and O–H groups in total. The van der Waals surface area contributed by atoms with Gasteiger partial charge in [-0.15, -0.1) is 0 Å². The topological polar surface area (TPSA) is 61.4 Å². The first-order chi connectivity index (χ1) is 12.9. The Labute approximate surface area is 156 Å². The Morgan fingerprint density at radius 1 is 1.11 bits per heavy atom. The predicted octanol–water partition coefficient (Wildman–Crippen LogP) is 2.34. The summed E-state index contributed by atoms with van der Waals surface area (Å²) in [7, 11) is 1.53. The van der Waals surface area contributed by atoms with E-state index in [2.05, 4.69) is 10.6 Å². The van der Waals surface area contributed by atoms with Crippen LogP contribution in [0.15, 0.2) is 48.5 Å². The minimum atomic E-state index is -1.03. The quantitative estimate of drug-likeness (QED) is 0.846. The number of carbonyl (C=O) groups is 2. The van der Waals surface area contributed by atoms with Gasteiger partial charge in [-0.3, -0.25) is 9.59 Å². The Bertz CT molecular complexity index is 841. The number of likely N-dealkylation sites (N-methyl/N-ethyl adjacent to an activating group) is 1. The smallest absolute Gasteiger partial charge is 0.247 e. The Morgan fingerprint density at radius 3 is 2.52 bits per heavy atom. The normalized spacial score (nSPS) is 19.0. The van der Waals surface area contributed by atoms with Crippen LogP contribution in [0.5, 0.6) is 0 Å². The Balaban J connectivity index is 1.74. The van der Waals surface area contributed by atoms with Crippen molar-refractivity contribution in [2.24, 2.45) is 0 Å². The molecule has 142 valence electrons. The lowest BCUT2D eigenvalue weighted by molar-refractivity contribution is -0.130. The van der Waals surface area contributed by atoms with Crippen molar-refractivity contribution in [3.05, 3.63) is 65.7 Å². The van der Waals surface area contributed by atoms with Gasteiger partial charge in [0.15, 0.2) is 0 Å². The van der Waals surface area contributed by atoms with Crippen molar-refractivity contribution in [1.82, 2.24) is 10.2 Å². The summed E-state index contributed by atoms with van der Waals surface area (Å²) in [6.45, 7) is 0.568. The molecule has 0 aromatic heterocycles. The zero-order valence-electron chi connectivity index (χ0n) is 15.0. The fourth-order valence-corrected chi connectivity index (χ4v) is 3.34. The standard InChI is InChI=1S/C20H21F2N3O2/c1-23-19(27)20(24-17-4-2-3-16(22)12-17)9-10-25(13-20)18(26)11-14-5-7-15(21)8-6-14/h2-8,12,24H,9-11,13H2,1H3,(H,23,27). The van der Waals surface area contributed by atoms with Crippen LogP contribution in [0.2, 0.25) is 0 Å². The minimum absolute atomic E-state index is 0.129. The van der Waals surface area contributed by atoms with Crippen molar-refractivity contribution in [2.75, 3.05) is 25.5 Å². The number of hydrogen-bond acceptors (Lipinski definition) is 3. The first-order valence-corrected chi connectivity index (χ1v) is 8.70. The number of carbonyl (C=O) groups excluding carboxylic acids is 2. The third-order valence-electron chi connectivity index (χ3n) is 4.76. The molecule has 0 saturated carbocycles. The molecule has 0 bridgehead atoms. The van der Waals surface area contributed by atoms with Crippen LogP contribution in [0, 0.1) is 11.6 Å². The van der Waals surface area contributed by atoms with Crippen LogP contribution >= 0.6 is 0 Å². The highest BCUT2D eigenvalue weighted by atomic mass is 19.1. The highest BCUT2D eigenvalue weighted by molar-refractivity contribution is 5.91. The van der Waals surface area contributed by atoms with E-state index >= 15 is 0 Å². The molecule has 1 saturated heterocycles. The molecule has 27 heavy (non-hydrogen) atoms. The second kappa shape index (κ2) is 7.73. The van der Waals surface area contributed by atoms with Gasteiger partial charge in [0.05, 0.1) is 13.0 Å². The molecule has 0 spiro atoms. The van der Waals surface area contributed by atoms with E-state index in [0.717, 1.165) is 0 Å². The third-order valence-corrected chi connectivity index (χ3v) is 4.76. The number of nitrogens with zero attached hydrogens (tertiary/aromatic N) is 1. The maximum absolute atomic E-state index is 13.5. The first kappa shape index (κ1) is 18.8. The summed E-state index contributed by atoms with van der Waals surface area (Å²) in [4.78, 5) is 26.8. The summed E-state index contributed by atoms with van der Waals surface area (Å²) in [6.07, 6.45) is 0.530. The minimum Gasteiger partial charge on any atom is -0.370 e. The van der Waals surface area contributed by atoms with Gasteiger partial charge >= 0.3 is 0 Å². The lowest BCUT2D eigenvalue weighted by Crippen LogP contribution is -2.54. The van der Waals surface area contributed by atoms with Gasteiger partial charge in [-0.25, -0.2) is 8.78 Å². The number of nitrogens with one attached hydrogen (secondary N) is 2. The molecular weight excluding hydrogens is 352 g/mol. The van der Waals surface area contributed by atoms with E-state index in [0.29, 0.717) is 24.2 Å². The SMILES string of the molecule is CNC(=O)C1(Nc2cccc(F)c2)CCN(C(=O)Cc2ccc(F)cc2)C1. The fourth-order valence-electron chi connectivity index (χ4n) is 3.34. The molecule has 3 rings (SSSR count). The molecule has 0 aliphatic carbocycles. The van der Waals surface area contributed by atoms with Crippen LogP contribution in [-0.2, 0) is 16.0 Å². The van der Waals surface area contributed by atoms with Gasteiger partial charge in [0.1, 0.15) is 17.2 Å². The first-order valence-electron chi connectivity index (χ1n) is 8.70. The Hall–Kier alpha value is -2.96. The average molecular weight is 373 g/mol. The highest BCUT2D eigenvalue weighted by Crippen LogP contribution is 2.27. The van der Waals surface area contributed by atoms with Crippen molar-refractivity contribution in [2.45, 2.75) is 18.4 Å². The summed E-state index contributed by atoms with van der Waals surface area (Å²) < 4.78 is 26.5. The van der Waals surface area contributed by atoms with E-state index in [4.69, 9.17) is 0 Å². The summed E-state index contributed by atoms with van der Waals surface area (Å²) in [5.74, 6) is -1.17. The molecule has 2 aromatic carbocycles. The molecule has 1 unspecified atom stereocenters. The molecule has 1 atom stereocenters. The van der Waals surface area contributed by atoms with Crippen LogP contribution in [0.1, 0.15) is 12.0 Å². The molecule has 1 aliphatic rings. The monoisotopic (exact) mass is 373 g/mol. The lowest BCUT2D eigenvalue weighted by Gasteiger charge is -2.30. The second-order valence-electron chi connectivity index (χ2n) is 6.67. The van der Waals surface area contributed by atoms with Gasteiger partial charge in [0, 0.05) is 19.3 Å². The molecule has 1 heterocycles. The van der Waals surface area contributed by atoms with Crippen LogP contribution in [-0.4, -0.2) is 42.4 Å². The van der Waals surface area contributed by atoms with E-state index in [1.807, 2.05) is 0 Å². The largest absolute Gasteiger partial charge is 0.370 e.